The van der Waals surface area contributed by atoms with Crippen molar-refractivity contribution < 1.29 is 13.2 Å². The second-order valence-electron chi connectivity index (χ2n) is 4.07. The minimum absolute atomic E-state index is 0.0397. The van der Waals surface area contributed by atoms with Gasteiger partial charge in [0.05, 0.1) is 11.5 Å². The van der Waals surface area contributed by atoms with Crippen molar-refractivity contribution in [2.75, 3.05) is 24.6 Å². The molecule has 1 aliphatic heterocycles. The van der Waals surface area contributed by atoms with Gasteiger partial charge in [-0.15, -0.1) is 0 Å². The highest BCUT2D eigenvalue weighted by atomic mass is 32.2. The maximum absolute atomic E-state index is 11.6. The Morgan fingerprint density at radius 3 is 2.67 bits per heavy atom. The summed E-state index contributed by atoms with van der Waals surface area (Å²) >= 11 is 0. The fraction of sp³-hybridized carbons (Fsp3) is 0.889. The van der Waals surface area contributed by atoms with Crippen LogP contribution < -0.4 is 5.73 Å². The lowest BCUT2D eigenvalue weighted by Crippen LogP contribution is -2.36. The third-order valence-electron chi connectivity index (χ3n) is 2.40. The van der Waals surface area contributed by atoms with Crippen LogP contribution in [0, 0.1) is 0 Å². The van der Waals surface area contributed by atoms with E-state index >= 15 is 0 Å². The summed E-state index contributed by atoms with van der Waals surface area (Å²) in [5, 5.41) is 0. The van der Waals surface area contributed by atoms with Crippen LogP contribution in [-0.2, 0) is 14.6 Å². The van der Waals surface area contributed by atoms with Crippen molar-refractivity contribution in [1.29, 1.82) is 0 Å². The number of nitrogens with two attached hydrogens (primary N) is 1. The fourth-order valence-corrected chi connectivity index (χ4v) is 2.86. The van der Waals surface area contributed by atoms with E-state index in [4.69, 9.17) is 5.73 Å². The van der Waals surface area contributed by atoms with Crippen molar-refractivity contribution in [2.45, 2.75) is 25.8 Å². The molecule has 1 unspecified atom stereocenters. The number of carbonyl (C=O) groups excluding carboxylic acids is 1. The quantitative estimate of drug-likeness (QED) is 0.690. The van der Waals surface area contributed by atoms with Gasteiger partial charge in [0.15, 0.2) is 9.84 Å². The zero-order valence-corrected chi connectivity index (χ0v) is 9.79. The van der Waals surface area contributed by atoms with Gasteiger partial charge in [0.2, 0.25) is 5.91 Å². The maximum atomic E-state index is 11.6. The molecule has 1 fully saturated rings. The topological polar surface area (TPSA) is 80.5 Å². The first kappa shape index (κ1) is 12.4. The van der Waals surface area contributed by atoms with Gasteiger partial charge in [-0.25, -0.2) is 8.42 Å². The summed E-state index contributed by atoms with van der Waals surface area (Å²) in [6, 6.07) is -0.169. The van der Waals surface area contributed by atoms with Crippen LogP contribution >= 0.6 is 0 Å². The van der Waals surface area contributed by atoms with Gasteiger partial charge < -0.3 is 10.6 Å². The molecule has 0 aliphatic carbocycles. The number of sulfone groups is 1. The van der Waals surface area contributed by atoms with Gasteiger partial charge in [-0.1, -0.05) is 0 Å². The van der Waals surface area contributed by atoms with Gasteiger partial charge >= 0.3 is 0 Å². The normalized spacial score (nSPS) is 23.2. The predicted octanol–water partition coefficient (Wildman–Crippen LogP) is -0.629. The summed E-state index contributed by atoms with van der Waals surface area (Å²) in [5.41, 5.74) is 5.53. The molecule has 1 heterocycles. The summed E-state index contributed by atoms with van der Waals surface area (Å²) < 4.78 is 22.6. The van der Waals surface area contributed by atoms with E-state index in [9.17, 15) is 13.2 Å². The van der Waals surface area contributed by atoms with Crippen molar-refractivity contribution in [3.05, 3.63) is 0 Å². The van der Waals surface area contributed by atoms with Crippen LogP contribution in [0.3, 0.4) is 0 Å². The molecule has 0 radical (unpaired) electrons. The fourth-order valence-electron chi connectivity index (χ4n) is 1.59. The standard InChI is InChI=1S/C9H18N2O3S/c1-8(10)7-9(12)11-3-2-5-15(13,14)6-4-11/h8H,2-7,10H2,1H3. The molecular formula is C9H18N2O3S. The number of nitrogens with zero attached hydrogens (tertiary/aromatic N) is 1. The van der Waals surface area contributed by atoms with Crippen LogP contribution in [0.5, 0.6) is 0 Å². The summed E-state index contributed by atoms with van der Waals surface area (Å²) in [4.78, 5) is 13.2. The SMILES string of the molecule is CC(N)CC(=O)N1CCCS(=O)(=O)CC1. The lowest BCUT2D eigenvalue weighted by Gasteiger charge is -2.20. The van der Waals surface area contributed by atoms with E-state index in [0.29, 0.717) is 25.9 Å². The smallest absolute Gasteiger partial charge is 0.224 e. The van der Waals surface area contributed by atoms with Gasteiger partial charge in [-0.2, -0.15) is 0 Å². The lowest BCUT2D eigenvalue weighted by atomic mass is 10.2. The highest BCUT2D eigenvalue weighted by Gasteiger charge is 2.22. The van der Waals surface area contributed by atoms with Crippen molar-refractivity contribution in [3.8, 4) is 0 Å². The Bertz CT molecular complexity index is 324. The molecule has 15 heavy (non-hydrogen) atoms. The molecule has 2 N–H and O–H groups in total. The van der Waals surface area contributed by atoms with E-state index in [1.165, 1.54) is 0 Å². The molecular weight excluding hydrogens is 216 g/mol. The second-order valence-corrected chi connectivity index (χ2v) is 6.37. The van der Waals surface area contributed by atoms with E-state index in [-0.39, 0.29) is 23.5 Å². The molecule has 1 amide bonds. The molecule has 1 atom stereocenters. The second kappa shape index (κ2) is 4.94. The first-order chi connectivity index (χ1) is 6.91. The summed E-state index contributed by atoms with van der Waals surface area (Å²) in [6.45, 7) is 2.62. The minimum atomic E-state index is -2.94. The Kier molecular flexibility index (Phi) is 4.10. The Balaban J connectivity index is 2.54. The van der Waals surface area contributed by atoms with Gasteiger partial charge in [0.1, 0.15) is 0 Å². The van der Waals surface area contributed by atoms with Crippen LogP contribution in [0.2, 0.25) is 0 Å². The number of hydrogen-bond acceptors (Lipinski definition) is 4. The number of carbonyl (C=O) groups is 1. The van der Waals surface area contributed by atoms with E-state index in [0.717, 1.165) is 0 Å². The van der Waals surface area contributed by atoms with E-state index in [1.54, 1.807) is 11.8 Å². The predicted molar refractivity (Wildman–Crippen MR) is 58.1 cm³/mol. The Morgan fingerprint density at radius 2 is 2.07 bits per heavy atom. The van der Waals surface area contributed by atoms with Crippen molar-refractivity contribution >= 4 is 15.7 Å². The molecule has 1 rings (SSSR count). The lowest BCUT2D eigenvalue weighted by molar-refractivity contribution is -0.131. The molecule has 5 nitrogen and oxygen atoms in total. The third-order valence-corrected chi connectivity index (χ3v) is 4.12. The van der Waals surface area contributed by atoms with Crippen molar-refractivity contribution in [1.82, 2.24) is 4.90 Å². The Hall–Kier alpha value is -0.620. The first-order valence-corrected chi connectivity index (χ1v) is 6.96. The van der Waals surface area contributed by atoms with E-state index in [1.807, 2.05) is 0 Å². The van der Waals surface area contributed by atoms with Crippen LogP contribution in [-0.4, -0.2) is 49.9 Å². The number of amides is 1. The molecule has 1 aliphatic rings. The number of hydrogen-bond donors (Lipinski definition) is 1. The first-order valence-electron chi connectivity index (χ1n) is 5.14. The van der Waals surface area contributed by atoms with E-state index < -0.39 is 9.84 Å². The zero-order chi connectivity index (χ0) is 11.5. The molecule has 0 bridgehead atoms. The molecule has 1 saturated heterocycles. The van der Waals surface area contributed by atoms with Crippen LogP contribution in [0.25, 0.3) is 0 Å². The van der Waals surface area contributed by atoms with Gasteiger partial charge in [0, 0.05) is 25.6 Å². The van der Waals surface area contributed by atoms with Crippen molar-refractivity contribution in [2.24, 2.45) is 5.73 Å². The monoisotopic (exact) mass is 234 g/mol. The Morgan fingerprint density at radius 1 is 1.40 bits per heavy atom. The molecule has 0 saturated carbocycles. The summed E-state index contributed by atoms with van der Waals surface area (Å²) in [7, 11) is -2.94. The largest absolute Gasteiger partial charge is 0.342 e. The maximum Gasteiger partial charge on any atom is 0.224 e. The van der Waals surface area contributed by atoms with Crippen LogP contribution in [0.15, 0.2) is 0 Å². The van der Waals surface area contributed by atoms with Gasteiger partial charge in [-0.3, -0.25) is 4.79 Å². The average Bonchev–Trinajstić information content (AvgIpc) is 2.25. The average molecular weight is 234 g/mol. The van der Waals surface area contributed by atoms with Crippen LogP contribution in [0.4, 0.5) is 0 Å². The molecule has 88 valence electrons. The van der Waals surface area contributed by atoms with Crippen LogP contribution in [0.1, 0.15) is 19.8 Å². The van der Waals surface area contributed by atoms with E-state index in [2.05, 4.69) is 0 Å². The highest BCUT2D eigenvalue weighted by Crippen LogP contribution is 2.07. The Labute approximate surface area is 90.5 Å². The van der Waals surface area contributed by atoms with Gasteiger partial charge in [0.25, 0.3) is 0 Å². The summed E-state index contributed by atoms with van der Waals surface area (Å²) in [5.74, 6) is 0.231. The molecule has 0 aromatic rings. The minimum Gasteiger partial charge on any atom is -0.342 e. The molecule has 6 heteroatoms. The highest BCUT2D eigenvalue weighted by molar-refractivity contribution is 7.91. The zero-order valence-electron chi connectivity index (χ0n) is 8.98. The third kappa shape index (κ3) is 4.17. The molecule has 0 aromatic heterocycles. The van der Waals surface area contributed by atoms with Gasteiger partial charge in [-0.05, 0) is 13.3 Å². The molecule has 0 aromatic carbocycles. The summed E-state index contributed by atoms with van der Waals surface area (Å²) in [6.07, 6.45) is 0.826. The van der Waals surface area contributed by atoms with Crippen molar-refractivity contribution in [3.63, 3.8) is 0 Å². The number of rotatable bonds is 2. The molecule has 0 spiro atoms.